The fourth-order valence-corrected chi connectivity index (χ4v) is 2.32. The van der Waals surface area contributed by atoms with Gasteiger partial charge in [-0.1, -0.05) is 12.1 Å². The maximum Gasteiger partial charge on any atom is 0.120 e. The minimum absolute atomic E-state index is 0.105. The van der Waals surface area contributed by atoms with Crippen molar-refractivity contribution in [1.29, 1.82) is 0 Å². The number of benzene rings is 1. The maximum absolute atomic E-state index is 8.89. The second kappa shape index (κ2) is 6.03. The van der Waals surface area contributed by atoms with Crippen molar-refractivity contribution in [2.24, 2.45) is 5.73 Å². The zero-order valence-corrected chi connectivity index (χ0v) is 10.1. The van der Waals surface area contributed by atoms with E-state index >= 15 is 0 Å². The van der Waals surface area contributed by atoms with Gasteiger partial charge in [-0.25, -0.2) is 0 Å². The largest absolute Gasteiger partial charge is 0.490 e. The average Bonchev–Trinajstić information content (AvgIpc) is 2.82. The van der Waals surface area contributed by atoms with Crippen molar-refractivity contribution in [3.05, 3.63) is 29.8 Å². The fourth-order valence-electron chi connectivity index (χ4n) is 2.32. The Bertz CT molecular complexity index is 348. The van der Waals surface area contributed by atoms with Gasteiger partial charge < -0.3 is 15.6 Å². The fraction of sp³-hybridized carbons (Fsp3) is 0.571. The minimum atomic E-state index is -0.105. The molecule has 17 heavy (non-hydrogen) atoms. The van der Waals surface area contributed by atoms with Crippen LogP contribution in [0.4, 0.5) is 0 Å². The average molecular weight is 235 g/mol. The van der Waals surface area contributed by atoms with E-state index in [1.54, 1.807) is 0 Å². The van der Waals surface area contributed by atoms with Gasteiger partial charge in [0.25, 0.3) is 0 Å². The molecule has 2 rings (SSSR count). The van der Waals surface area contributed by atoms with Crippen LogP contribution < -0.4 is 10.5 Å². The van der Waals surface area contributed by atoms with E-state index in [1.165, 1.54) is 12.8 Å². The van der Waals surface area contributed by atoms with Gasteiger partial charge in [0.05, 0.1) is 6.10 Å². The Balaban J connectivity index is 2.00. The van der Waals surface area contributed by atoms with Crippen LogP contribution in [0.1, 0.15) is 43.7 Å². The van der Waals surface area contributed by atoms with Gasteiger partial charge in [0.2, 0.25) is 0 Å². The predicted octanol–water partition coefficient (Wildman–Crippen LogP) is 2.39. The highest BCUT2D eigenvalue weighted by Gasteiger charge is 2.16. The Morgan fingerprint density at radius 3 is 2.82 bits per heavy atom. The summed E-state index contributed by atoms with van der Waals surface area (Å²) in [7, 11) is 0. The van der Waals surface area contributed by atoms with Crippen LogP contribution in [0.15, 0.2) is 24.3 Å². The van der Waals surface area contributed by atoms with E-state index in [4.69, 9.17) is 15.6 Å². The molecule has 1 fully saturated rings. The maximum atomic E-state index is 8.89. The zero-order chi connectivity index (χ0) is 12.1. The molecule has 0 unspecified atom stereocenters. The molecule has 3 heteroatoms. The van der Waals surface area contributed by atoms with Crippen LogP contribution in [0, 0.1) is 0 Å². The molecule has 1 aliphatic rings. The van der Waals surface area contributed by atoms with Crippen molar-refractivity contribution in [2.45, 2.75) is 44.2 Å². The Hall–Kier alpha value is -1.06. The molecule has 3 N–H and O–H groups in total. The topological polar surface area (TPSA) is 55.5 Å². The lowest BCUT2D eigenvalue weighted by Crippen LogP contribution is -2.14. The molecule has 0 aromatic heterocycles. The molecule has 1 atom stereocenters. The molecule has 0 amide bonds. The lowest BCUT2D eigenvalue weighted by Gasteiger charge is -2.16. The highest BCUT2D eigenvalue weighted by molar-refractivity contribution is 5.30. The lowest BCUT2D eigenvalue weighted by atomic mass is 10.1. The first kappa shape index (κ1) is 12.4. The van der Waals surface area contributed by atoms with Crippen LogP contribution >= 0.6 is 0 Å². The third-order valence-electron chi connectivity index (χ3n) is 3.33. The van der Waals surface area contributed by atoms with Crippen LogP contribution in [-0.4, -0.2) is 17.8 Å². The number of rotatable bonds is 5. The van der Waals surface area contributed by atoms with Crippen LogP contribution in [0.5, 0.6) is 5.75 Å². The summed E-state index contributed by atoms with van der Waals surface area (Å²) in [5, 5.41) is 8.89. The molecule has 1 aliphatic carbocycles. The van der Waals surface area contributed by atoms with E-state index in [-0.39, 0.29) is 12.6 Å². The molecule has 1 aromatic carbocycles. The molecule has 3 nitrogen and oxygen atoms in total. The Labute approximate surface area is 103 Å². The molecule has 0 saturated heterocycles. The molecule has 0 radical (unpaired) electrons. The highest BCUT2D eigenvalue weighted by atomic mass is 16.5. The van der Waals surface area contributed by atoms with Gasteiger partial charge in [0.1, 0.15) is 5.75 Å². The van der Waals surface area contributed by atoms with Crippen LogP contribution in [-0.2, 0) is 0 Å². The molecule has 0 aliphatic heterocycles. The standard InChI is InChI=1S/C14H21NO2/c15-14(8-9-16)11-4-3-7-13(10-11)17-12-5-1-2-6-12/h3-4,7,10,12,14,16H,1-2,5-6,8-9,15H2/t14-/m0/s1. The first-order chi connectivity index (χ1) is 8.29. The summed E-state index contributed by atoms with van der Waals surface area (Å²) in [6.07, 6.45) is 5.83. The summed E-state index contributed by atoms with van der Waals surface area (Å²) in [6.45, 7) is 0.120. The zero-order valence-electron chi connectivity index (χ0n) is 10.1. The normalized spacial score (nSPS) is 18.2. The molecule has 1 aromatic rings. The highest BCUT2D eigenvalue weighted by Crippen LogP contribution is 2.26. The van der Waals surface area contributed by atoms with Crippen molar-refractivity contribution in [1.82, 2.24) is 0 Å². The van der Waals surface area contributed by atoms with Crippen molar-refractivity contribution in [2.75, 3.05) is 6.61 Å². The van der Waals surface area contributed by atoms with Crippen molar-refractivity contribution >= 4 is 0 Å². The summed E-state index contributed by atoms with van der Waals surface area (Å²) < 4.78 is 5.93. The number of ether oxygens (including phenoxy) is 1. The van der Waals surface area contributed by atoms with Gasteiger partial charge in [0, 0.05) is 12.6 Å². The quantitative estimate of drug-likeness (QED) is 0.824. The Morgan fingerprint density at radius 2 is 2.12 bits per heavy atom. The molecule has 0 bridgehead atoms. The first-order valence-electron chi connectivity index (χ1n) is 6.42. The summed E-state index contributed by atoms with van der Waals surface area (Å²) in [4.78, 5) is 0. The van der Waals surface area contributed by atoms with Gasteiger partial charge in [-0.15, -0.1) is 0 Å². The van der Waals surface area contributed by atoms with E-state index in [1.807, 2.05) is 24.3 Å². The third-order valence-corrected chi connectivity index (χ3v) is 3.33. The molecular formula is C14H21NO2. The van der Waals surface area contributed by atoms with E-state index in [2.05, 4.69) is 0 Å². The first-order valence-corrected chi connectivity index (χ1v) is 6.42. The number of nitrogens with two attached hydrogens (primary N) is 1. The van der Waals surface area contributed by atoms with Crippen molar-refractivity contribution < 1.29 is 9.84 Å². The second-order valence-corrected chi connectivity index (χ2v) is 4.72. The monoisotopic (exact) mass is 235 g/mol. The van der Waals surface area contributed by atoms with E-state index < -0.39 is 0 Å². The number of aliphatic hydroxyl groups excluding tert-OH is 1. The predicted molar refractivity (Wildman–Crippen MR) is 68.0 cm³/mol. The van der Waals surface area contributed by atoms with E-state index in [0.29, 0.717) is 12.5 Å². The SMILES string of the molecule is N[C@@H](CCO)c1cccc(OC2CCCC2)c1. The van der Waals surface area contributed by atoms with E-state index in [0.717, 1.165) is 24.2 Å². The Morgan fingerprint density at radius 1 is 1.35 bits per heavy atom. The van der Waals surface area contributed by atoms with Gasteiger partial charge in [-0.2, -0.15) is 0 Å². The minimum Gasteiger partial charge on any atom is -0.490 e. The second-order valence-electron chi connectivity index (χ2n) is 4.72. The summed E-state index contributed by atoms with van der Waals surface area (Å²) in [5.41, 5.74) is 7.00. The lowest BCUT2D eigenvalue weighted by molar-refractivity contribution is 0.209. The summed E-state index contributed by atoms with van der Waals surface area (Å²) in [5.74, 6) is 0.905. The molecule has 0 spiro atoms. The van der Waals surface area contributed by atoms with Crippen molar-refractivity contribution in [3.8, 4) is 5.75 Å². The van der Waals surface area contributed by atoms with Gasteiger partial charge in [-0.05, 0) is 49.8 Å². The van der Waals surface area contributed by atoms with Crippen LogP contribution in [0.3, 0.4) is 0 Å². The van der Waals surface area contributed by atoms with Crippen LogP contribution in [0.25, 0.3) is 0 Å². The molecule has 1 saturated carbocycles. The van der Waals surface area contributed by atoms with Crippen LogP contribution in [0.2, 0.25) is 0 Å². The van der Waals surface area contributed by atoms with E-state index in [9.17, 15) is 0 Å². The smallest absolute Gasteiger partial charge is 0.120 e. The molecule has 0 heterocycles. The van der Waals surface area contributed by atoms with Gasteiger partial charge in [0.15, 0.2) is 0 Å². The van der Waals surface area contributed by atoms with Gasteiger partial charge >= 0.3 is 0 Å². The van der Waals surface area contributed by atoms with Crippen molar-refractivity contribution in [3.63, 3.8) is 0 Å². The number of hydrogen-bond donors (Lipinski definition) is 2. The Kier molecular flexibility index (Phi) is 4.40. The number of aliphatic hydroxyl groups is 1. The molecular weight excluding hydrogens is 214 g/mol. The summed E-state index contributed by atoms with van der Waals surface area (Å²) >= 11 is 0. The summed E-state index contributed by atoms with van der Waals surface area (Å²) in [6, 6.07) is 7.83. The molecule has 94 valence electrons. The number of hydrogen-bond acceptors (Lipinski definition) is 3. The van der Waals surface area contributed by atoms with Gasteiger partial charge in [-0.3, -0.25) is 0 Å². The third kappa shape index (κ3) is 3.45.